The lowest BCUT2D eigenvalue weighted by atomic mass is 9.74. The Labute approximate surface area is 115 Å². The molecule has 2 fully saturated rings. The lowest BCUT2D eigenvalue weighted by Gasteiger charge is -2.42. The van der Waals surface area contributed by atoms with E-state index in [1.807, 2.05) is 6.92 Å². The summed E-state index contributed by atoms with van der Waals surface area (Å²) in [6, 6.07) is 0. The summed E-state index contributed by atoms with van der Waals surface area (Å²) in [6.45, 7) is 5.11. The van der Waals surface area contributed by atoms with E-state index in [2.05, 4.69) is 15.1 Å². The lowest BCUT2D eigenvalue weighted by molar-refractivity contribution is 0.0628. The van der Waals surface area contributed by atoms with Crippen LogP contribution in [0.3, 0.4) is 0 Å². The smallest absolute Gasteiger partial charge is 0.230 e. The fraction of sp³-hybridized carbons (Fsp3) is 0.867. The van der Waals surface area contributed by atoms with Crippen LogP contribution in [-0.4, -0.2) is 28.2 Å². The summed E-state index contributed by atoms with van der Waals surface area (Å²) < 4.78 is 5.52. The molecule has 0 radical (unpaired) electrons. The zero-order chi connectivity index (χ0) is 13.1. The molecule has 0 aromatic carbocycles. The molecule has 0 N–H and O–H groups in total. The number of nitrogens with zero attached hydrogens (tertiary/aromatic N) is 3. The van der Waals surface area contributed by atoms with Crippen molar-refractivity contribution in [3.8, 4) is 0 Å². The fourth-order valence-electron chi connectivity index (χ4n) is 3.92. The van der Waals surface area contributed by atoms with Gasteiger partial charge in [-0.3, -0.25) is 4.90 Å². The van der Waals surface area contributed by atoms with Crippen LogP contribution in [-0.2, 0) is 6.54 Å². The highest BCUT2D eigenvalue weighted by atomic mass is 16.4. The van der Waals surface area contributed by atoms with Crippen LogP contribution in [0, 0.1) is 12.3 Å². The van der Waals surface area contributed by atoms with Gasteiger partial charge in [0.15, 0.2) is 0 Å². The third-order valence-corrected chi connectivity index (χ3v) is 4.83. The standard InChI is InChI=1S/C15H25N3O/c1-13-16-17-14(19-13)11-18-10-6-9-15(12-18)7-4-2-3-5-8-15/h2-12H2,1H3. The zero-order valence-corrected chi connectivity index (χ0v) is 12.0. The van der Waals surface area contributed by atoms with Crippen LogP contribution < -0.4 is 0 Å². The molecular weight excluding hydrogens is 238 g/mol. The van der Waals surface area contributed by atoms with E-state index in [0.29, 0.717) is 11.3 Å². The Morgan fingerprint density at radius 2 is 1.79 bits per heavy atom. The molecule has 1 saturated carbocycles. The van der Waals surface area contributed by atoms with E-state index in [4.69, 9.17) is 4.42 Å². The number of rotatable bonds is 2. The van der Waals surface area contributed by atoms with Crippen molar-refractivity contribution in [2.45, 2.75) is 64.8 Å². The van der Waals surface area contributed by atoms with Gasteiger partial charge in [-0.25, -0.2) is 0 Å². The average Bonchev–Trinajstić information content (AvgIpc) is 2.67. The first-order chi connectivity index (χ1) is 9.26. The van der Waals surface area contributed by atoms with Gasteiger partial charge in [-0.15, -0.1) is 10.2 Å². The molecule has 4 heteroatoms. The highest BCUT2D eigenvalue weighted by Crippen LogP contribution is 2.42. The molecule has 0 bridgehead atoms. The van der Waals surface area contributed by atoms with Gasteiger partial charge in [-0.2, -0.15) is 0 Å². The molecule has 2 heterocycles. The van der Waals surface area contributed by atoms with Crippen molar-refractivity contribution in [3.05, 3.63) is 11.8 Å². The van der Waals surface area contributed by atoms with Crippen molar-refractivity contribution in [3.63, 3.8) is 0 Å². The molecule has 1 aliphatic carbocycles. The molecule has 1 aromatic rings. The normalized spacial score (nSPS) is 24.5. The summed E-state index contributed by atoms with van der Waals surface area (Å²) >= 11 is 0. The number of hydrogen-bond donors (Lipinski definition) is 0. The molecular formula is C15H25N3O. The Bertz CT molecular complexity index is 407. The summed E-state index contributed by atoms with van der Waals surface area (Å²) in [5.41, 5.74) is 0.587. The van der Waals surface area contributed by atoms with Gasteiger partial charge in [0.05, 0.1) is 6.54 Å². The second kappa shape index (κ2) is 5.61. The van der Waals surface area contributed by atoms with E-state index < -0.39 is 0 Å². The van der Waals surface area contributed by atoms with Gasteiger partial charge in [0.1, 0.15) is 0 Å². The minimum absolute atomic E-state index is 0.587. The summed E-state index contributed by atoms with van der Waals surface area (Å²) in [6.07, 6.45) is 11.3. The SMILES string of the molecule is Cc1nnc(CN2CCCC3(CCCCCC3)C2)o1. The van der Waals surface area contributed by atoms with Gasteiger partial charge < -0.3 is 4.42 Å². The van der Waals surface area contributed by atoms with Crippen LogP contribution in [0.1, 0.15) is 63.1 Å². The topological polar surface area (TPSA) is 42.2 Å². The van der Waals surface area contributed by atoms with E-state index >= 15 is 0 Å². The molecule has 106 valence electrons. The van der Waals surface area contributed by atoms with Crippen LogP contribution in [0.4, 0.5) is 0 Å². The number of hydrogen-bond acceptors (Lipinski definition) is 4. The van der Waals surface area contributed by atoms with Crippen LogP contribution in [0.15, 0.2) is 4.42 Å². The summed E-state index contributed by atoms with van der Waals surface area (Å²) in [4.78, 5) is 2.53. The van der Waals surface area contributed by atoms with Crippen molar-refractivity contribution < 1.29 is 4.42 Å². The predicted molar refractivity (Wildman–Crippen MR) is 73.7 cm³/mol. The summed E-state index contributed by atoms with van der Waals surface area (Å²) in [7, 11) is 0. The molecule has 4 nitrogen and oxygen atoms in total. The second-order valence-electron chi connectivity index (χ2n) is 6.44. The van der Waals surface area contributed by atoms with Gasteiger partial charge >= 0.3 is 0 Å². The van der Waals surface area contributed by atoms with Crippen molar-refractivity contribution in [1.29, 1.82) is 0 Å². The van der Waals surface area contributed by atoms with Gasteiger partial charge in [0, 0.05) is 13.5 Å². The number of aromatic nitrogens is 2. The van der Waals surface area contributed by atoms with E-state index in [0.717, 1.165) is 12.4 Å². The van der Waals surface area contributed by atoms with Crippen molar-refractivity contribution in [1.82, 2.24) is 15.1 Å². The quantitative estimate of drug-likeness (QED) is 0.821. The number of aryl methyl sites for hydroxylation is 1. The van der Waals surface area contributed by atoms with Crippen molar-refractivity contribution in [2.24, 2.45) is 5.41 Å². The van der Waals surface area contributed by atoms with E-state index in [1.54, 1.807) is 0 Å². The molecule has 1 saturated heterocycles. The van der Waals surface area contributed by atoms with E-state index in [1.165, 1.54) is 64.5 Å². The maximum Gasteiger partial charge on any atom is 0.230 e. The maximum absolute atomic E-state index is 5.52. The minimum atomic E-state index is 0.587. The molecule has 3 rings (SSSR count). The van der Waals surface area contributed by atoms with Crippen LogP contribution >= 0.6 is 0 Å². The molecule has 0 atom stereocenters. The molecule has 1 aromatic heterocycles. The van der Waals surface area contributed by atoms with E-state index in [9.17, 15) is 0 Å². The monoisotopic (exact) mass is 263 g/mol. The first-order valence-corrected chi connectivity index (χ1v) is 7.77. The molecule has 1 spiro atoms. The fourth-order valence-corrected chi connectivity index (χ4v) is 3.92. The van der Waals surface area contributed by atoms with Crippen LogP contribution in [0.5, 0.6) is 0 Å². The first-order valence-electron chi connectivity index (χ1n) is 7.77. The molecule has 1 aliphatic heterocycles. The van der Waals surface area contributed by atoms with E-state index in [-0.39, 0.29) is 0 Å². The highest BCUT2D eigenvalue weighted by molar-refractivity contribution is 4.90. The second-order valence-corrected chi connectivity index (χ2v) is 6.44. The van der Waals surface area contributed by atoms with Crippen molar-refractivity contribution >= 4 is 0 Å². The molecule has 19 heavy (non-hydrogen) atoms. The largest absolute Gasteiger partial charge is 0.424 e. The first kappa shape index (κ1) is 13.1. The number of likely N-dealkylation sites (tertiary alicyclic amines) is 1. The Morgan fingerprint density at radius 1 is 1.05 bits per heavy atom. The zero-order valence-electron chi connectivity index (χ0n) is 12.0. The Kier molecular flexibility index (Phi) is 3.87. The maximum atomic E-state index is 5.52. The summed E-state index contributed by atoms with van der Waals surface area (Å²) in [5.74, 6) is 1.46. The highest BCUT2D eigenvalue weighted by Gasteiger charge is 2.35. The summed E-state index contributed by atoms with van der Waals surface area (Å²) in [5, 5.41) is 8.06. The molecule has 2 aliphatic rings. The minimum Gasteiger partial charge on any atom is -0.424 e. The van der Waals surface area contributed by atoms with Gasteiger partial charge in [-0.1, -0.05) is 25.7 Å². The average molecular weight is 263 g/mol. The molecule has 0 unspecified atom stereocenters. The van der Waals surface area contributed by atoms with Crippen LogP contribution in [0.2, 0.25) is 0 Å². The van der Waals surface area contributed by atoms with Gasteiger partial charge in [0.25, 0.3) is 0 Å². The molecule has 0 amide bonds. The van der Waals surface area contributed by atoms with Gasteiger partial charge in [0.2, 0.25) is 11.8 Å². The van der Waals surface area contributed by atoms with Crippen LogP contribution in [0.25, 0.3) is 0 Å². The Hall–Kier alpha value is -0.900. The Morgan fingerprint density at radius 3 is 2.47 bits per heavy atom. The Balaban J connectivity index is 1.63. The predicted octanol–water partition coefficient (Wildman–Crippen LogP) is 3.31. The van der Waals surface area contributed by atoms with Crippen molar-refractivity contribution in [2.75, 3.05) is 13.1 Å². The third-order valence-electron chi connectivity index (χ3n) is 4.83. The number of piperidine rings is 1. The lowest BCUT2D eigenvalue weighted by Crippen LogP contribution is -2.42. The third kappa shape index (κ3) is 3.16. The van der Waals surface area contributed by atoms with Gasteiger partial charge in [-0.05, 0) is 37.6 Å².